The summed E-state index contributed by atoms with van der Waals surface area (Å²) < 4.78 is 0. The second-order valence-corrected chi connectivity index (χ2v) is 2.58. The summed E-state index contributed by atoms with van der Waals surface area (Å²) in [6, 6.07) is 0. The third-order valence-electron chi connectivity index (χ3n) is 1.57. The molecule has 1 aliphatic rings. The van der Waals surface area contributed by atoms with Crippen LogP contribution in [0.4, 0.5) is 0 Å². The maximum Gasteiger partial charge on any atom is 0.241 e. The van der Waals surface area contributed by atoms with Gasteiger partial charge in [-0.2, -0.15) is 0 Å². The van der Waals surface area contributed by atoms with Gasteiger partial charge in [0.25, 0.3) is 0 Å². The third-order valence-corrected chi connectivity index (χ3v) is 1.57. The molecule has 3 nitrogen and oxygen atoms in total. The van der Waals surface area contributed by atoms with Crippen LogP contribution in [0.25, 0.3) is 0 Å². The number of aliphatic hydroxyl groups is 1. The highest BCUT2D eigenvalue weighted by Gasteiger charge is 2.35. The Morgan fingerprint density at radius 2 is 2.44 bits per heavy atom. The van der Waals surface area contributed by atoms with Crippen molar-refractivity contribution in [3.63, 3.8) is 0 Å². The average Bonchev–Trinajstić information content (AvgIpc) is 2.16. The lowest BCUT2D eigenvalue weighted by molar-refractivity contribution is -0.212. The van der Waals surface area contributed by atoms with Crippen LogP contribution in [0, 0.1) is 5.92 Å². The molecule has 0 saturated heterocycles. The molecule has 1 heterocycles. The normalized spacial score (nSPS) is 33.3. The van der Waals surface area contributed by atoms with Crippen molar-refractivity contribution in [1.82, 2.24) is 0 Å². The predicted octanol–water partition coefficient (Wildman–Crippen LogP) is 0.737. The molecule has 3 heteroatoms. The van der Waals surface area contributed by atoms with Crippen LogP contribution in [0.1, 0.15) is 20.3 Å². The predicted molar refractivity (Wildman–Crippen MR) is 34.0 cm³/mol. The van der Waals surface area contributed by atoms with Gasteiger partial charge in [0.2, 0.25) is 5.79 Å². The molecular weight excluding hydrogens is 118 g/mol. The SMILES string of the molecule is CC(C)C1(O)CC=NO1. The molecule has 0 aromatic heterocycles. The minimum Gasteiger partial charge on any atom is -0.360 e. The lowest BCUT2D eigenvalue weighted by Crippen LogP contribution is -2.33. The molecule has 1 atom stereocenters. The Morgan fingerprint density at radius 1 is 1.78 bits per heavy atom. The zero-order valence-corrected chi connectivity index (χ0v) is 5.66. The molecule has 0 fully saturated rings. The zero-order chi connectivity index (χ0) is 6.91. The topological polar surface area (TPSA) is 41.8 Å². The molecule has 0 radical (unpaired) electrons. The second-order valence-electron chi connectivity index (χ2n) is 2.58. The van der Waals surface area contributed by atoms with E-state index in [0.29, 0.717) is 6.42 Å². The van der Waals surface area contributed by atoms with Gasteiger partial charge >= 0.3 is 0 Å². The average molecular weight is 129 g/mol. The lowest BCUT2D eigenvalue weighted by Gasteiger charge is -2.23. The molecule has 1 aliphatic heterocycles. The minimum atomic E-state index is -1.03. The number of hydrogen-bond donors (Lipinski definition) is 1. The van der Waals surface area contributed by atoms with Crippen molar-refractivity contribution in [3.8, 4) is 0 Å². The van der Waals surface area contributed by atoms with Crippen LogP contribution in [0.5, 0.6) is 0 Å². The Morgan fingerprint density at radius 3 is 2.67 bits per heavy atom. The first-order chi connectivity index (χ1) is 4.15. The first kappa shape index (κ1) is 6.55. The summed E-state index contributed by atoms with van der Waals surface area (Å²) in [6.07, 6.45) is 2.09. The van der Waals surface area contributed by atoms with E-state index in [-0.39, 0.29) is 5.92 Å². The summed E-state index contributed by atoms with van der Waals surface area (Å²) >= 11 is 0. The maximum absolute atomic E-state index is 9.42. The minimum absolute atomic E-state index is 0.0972. The van der Waals surface area contributed by atoms with Gasteiger partial charge in [-0.1, -0.05) is 19.0 Å². The van der Waals surface area contributed by atoms with Gasteiger partial charge in [0, 0.05) is 5.92 Å². The molecule has 1 unspecified atom stereocenters. The highest BCUT2D eigenvalue weighted by molar-refractivity contribution is 5.59. The zero-order valence-electron chi connectivity index (χ0n) is 5.66. The standard InChI is InChI=1S/C6H11NO2/c1-5(2)6(8)3-4-7-9-6/h4-5,8H,3H2,1-2H3. The van der Waals surface area contributed by atoms with Crippen molar-refractivity contribution in [3.05, 3.63) is 0 Å². The summed E-state index contributed by atoms with van der Waals surface area (Å²) in [5.41, 5.74) is 0. The smallest absolute Gasteiger partial charge is 0.241 e. The van der Waals surface area contributed by atoms with Gasteiger partial charge in [-0.15, -0.1) is 0 Å². The molecule has 0 aromatic carbocycles. The van der Waals surface area contributed by atoms with Gasteiger partial charge in [-0.3, -0.25) is 0 Å². The maximum atomic E-state index is 9.42. The Hall–Kier alpha value is -0.570. The molecule has 52 valence electrons. The van der Waals surface area contributed by atoms with E-state index in [4.69, 9.17) is 4.84 Å². The number of hydrogen-bond acceptors (Lipinski definition) is 3. The number of nitrogens with zero attached hydrogens (tertiary/aromatic N) is 1. The van der Waals surface area contributed by atoms with E-state index in [1.54, 1.807) is 6.21 Å². The van der Waals surface area contributed by atoms with Gasteiger partial charge in [-0.05, 0) is 0 Å². The summed E-state index contributed by atoms with van der Waals surface area (Å²) in [6.45, 7) is 3.80. The van der Waals surface area contributed by atoms with Crippen LogP contribution in [0.2, 0.25) is 0 Å². The van der Waals surface area contributed by atoms with Gasteiger partial charge in [0.15, 0.2) is 0 Å². The molecule has 0 saturated carbocycles. The monoisotopic (exact) mass is 129 g/mol. The van der Waals surface area contributed by atoms with Crippen LogP contribution in [0.3, 0.4) is 0 Å². The van der Waals surface area contributed by atoms with Crippen LogP contribution in [0.15, 0.2) is 5.16 Å². The number of oxime groups is 1. The van der Waals surface area contributed by atoms with Crippen LogP contribution in [-0.4, -0.2) is 17.1 Å². The van der Waals surface area contributed by atoms with Crippen molar-refractivity contribution in [2.45, 2.75) is 26.1 Å². The van der Waals surface area contributed by atoms with Gasteiger partial charge < -0.3 is 9.94 Å². The second kappa shape index (κ2) is 1.99. The van der Waals surface area contributed by atoms with E-state index in [1.807, 2.05) is 13.8 Å². The van der Waals surface area contributed by atoms with E-state index in [9.17, 15) is 5.11 Å². The lowest BCUT2D eigenvalue weighted by atomic mass is 10.0. The molecular formula is C6H11NO2. The van der Waals surface area contributed by atoms with Gasteiger partial charge in [0.1, 0.15) is 0 Å². The Balaban J connectivity index is 2.55. The van der Waals surface area contributed by atoms with Crippen molar-refractivity contribution in [2.24, 2.45) is 11.1 Å². The molecule has 9 heavy (non-hydrogen) atoms. The fourth-order valence-electron chi connectivity index (χ4n) is 0.675. The summed E-state index contributed by atoms with van der Waals surface area (Å²) in [4.78, 5) is 4.73. The van der Waals surface area contributed by atoms with Gasteiger partial charge in [-0.25, -0.2) is 0 Å². The molecule has 0 aromatic rings. The molecule has 1 rings (SSSR count). The quantitative estimate of drug-likeness (QED) is 0.567. The third kappa shape index (κ3) is 1.05. The van der Waals surface area contributed by atoms with Crippen molar-refractivity contribution in [1.29, 1.82) is 0 Å². The fourth-order valence-corrected chi connectivity index (χ4v) is 0.675. The largest absolute Gasteiger partial charge is 0.360 e. The van der Waals surface area contributed by atoms with Gasteiger partial charge in [0.05, 0.1) is 12.6 Å². The van der Waals surface area contributed by atoms with Crippen molar-refractivity contribution in [2.75, 3.05) is 0 Å². The highest BCUT2D eigenvalue weighted by atomic mass is 16.7. The molecule has 1 N–H and O–H groups in total. The Kier molecular flexibility index (Phi) is 1.45. The molecule has 0 bridgehead atoms. The van der Waals surface area contributed by atoms with Crippen LogP contribution >= 0.6 is 0 Å². The summed E-state index contributed by atoms with van der Waals surface area (Å²) in [5.74, 6) is -0.931. The molecule has 0 spiro atoms. The van der Waals surface area contributed by atoms with E-state index < -0.39 is 5.79 Å². The summed E-state index contributed by atoms with van der Waals surface area (Å²) in [7, 11) is 0. The highest BCUT2D eigenvalue weighted by Crippen LogP contribution is 2.25. The van der Waals surface area contributed by atoms with Crippen LogP contribution in [-0.2, 0) is 4.84 Å². The first-order valence-electron chi connectivity index (χ1n) is 3.07. The van der Waals surface area contributed by atoms with Crippen molar-refractivity contribution >= 4 is 6.21 Å². The first-order valence-corrected chi connectivity index (χ1v) is 3.07. The van der Waals surface area contributed by atoms with Crippen LogP contribution < -0.4 is 0 Å². The van der Waals surface area contributed by atoms with Crippen molar-refractivity contribution < 1.29 is 9.94 Å². The van der Waals surface area contributed by atoms with E-state index in [2.05, 4.69) is 5.16 Å². The van der Waals surface area contributed by atoms with E-state index >= 15 is 0 Å². The fraction of sp³-hybridized carbons (Fsp3) is 0.833. The number of rotatable bonds is 1. The van der Waals surface area contributed by atoms with E-state index in [0.717, 1.165) is 0 Å². The molecule has 0 aliphatic carbocycles. The molecule has 0 amide bonds. The Labute approximate surface area is 54.3 Å². The summed E-state index contributed by atoms with van der Waals surface area (Å²) in [5, 5.41) is 12.9. The van der Waals surface area contributed by atoms with E-state index in [1.165, 1.54) is 0 Å². The Bertz CT molecular complexity index is 123.